The lowest BCUT2D eigenvalue weighted by molar-refractivity contribution is -0.0792. The summed E-state index contributed by atoms with van der Waals surface area (Å²) in [5.41, 5.74) is 2.90. The van der Waals surface area contributed by atoms with Crippen LogP contribution in [0.15, 0.2) is 35.3 Å². The molecule has 1 aliphatic rings. The van der Waals surface area contributed by atoms with Crippen LogP contribution in [0.2, 0.25) is 0 Å². The molecule has 5 aromatic rings. The Bertz CT molecular complexity index is 1800. The number of ether oxygens (including phenoxy) is 2. The highest BCUT2D eigenvalue weighted by molar-refractivity contribution is 7.15. The second-order valence-electron chi connectivity index (χ2n) is 11.0. The van der Waals surface area contributed by atoms with Crippen LogP contribution in [-0.4, -0.2) is 43.0 Å². The number of hydrogen-bond donors (Lipinski definition) is 0. The van der Waals surface area contributed by atoms with E-state index >= 15 is 0 Å². The van der Waals surface area contributed by atoms with Crippen LogP contribution < -0.4 is 10.4 Å². The SMILES string of the molecule is Cc1ncc(-c2cc3nc(C(C)(C)C)n(-c4cc(OC5COC5)c5c(c4)n(C)c(=O)n5C)c3cc2C(F)F)s1. The van der Waals surface area contributed by atoms with E-state index in [1.54, 1.807) is 35.5 Å². The topological polar surface area (TPSA) is 76.1 Å². The van der Waals surface area contributed by atoms with Crippen molar-refractivity contribution in [3.8, 4) is 21.9 Å². The molecule has 3 aromatic heterocycles. The summed E-state index contributed by atoms with van der Waals surface area (Å²) in [6.45, 7) is 8.88. The summed E-state index contributed by atoms with van der Waals surface area (Å²) in [6.07, 6.45) is -1.19. The van der Waals surface area contributed by atoms with Gasteiger partial charge in [0, 0.05) is 42.9 Å². The lowest BCUT2D eigenvalue weighted by Gasteiger charge is -2.27. The van der Waals surface area contributed by atoms with Crippen molar-refractivity contribution >= 4 is 33.4 Å². The number of aryl methyl sites for hydroxylation is 3. The summed E-state index contributed by atoms with van der Waals surface area (Å²) in [6, 6.07) is 7.01. The number of fused-ring (bicyclic) bond motifs is 2. The zero-order chi connectivity index (χ0) is 27.8. The average molecular weight is 554 g/mol. The first-order valence-corrected chi connectivity index (χ1v) is 13.5. The van der Waals surface area contributed by atoms with Gasteiger partial charge in [-0.2, -0.15) is 0 Å². The number of benzene rings is 2. The Morgan fingerprint density at radius 3 is 2.44 bits per heavy atom. The second-order valence-corrected chi connectivity index (χ2v) is 12.2. The third kappa shape index (κ3) is 4.15. The van der Waals surface area contributed by atoms with Gasteiger partial charge in [0.15, 0.2) is 0 Å². The second kappa shape index (κ2) is 8.99. The van der Waals surface area contributed by atoms with Gasteiger partial charge in [-0.05, 0) is 25.1 Å². The standard InChI is InChI=1S/C28H29F2N5O3S/c1-14-31-11-23(39-14)17-9-19-20(10-18(17)25(29)30)35(26(32-19)28(2,3)4)15-7-21-24(34(6)27(36)33(21)5)22(8-15)38-16-12-37-13-16/h7-11,16,25H,12-13H2,1-6H3. The lowest BCUT2D eigenvalue weighted by Crippen LogP contribution is -2.38. The van der Waals surface area contributed by atoms with Crippen LogP contribution in [0.3, 0.4) is 0 Å². The Morgan fingerprint density at radius 1 is 1.10 bits per heavy atom. The van der Waals surface area contributed by atoms with Gasteiger partial charge in [0.1, 0.15) is 23.2 Å². The molecule has 0 atom stereocenters. The van der Waals surface area contributed by atoms with Crippen LogP contribution in [0.1, 0.15) is 43.6 Å². The number of thiazole rings is 1. The number of rotatable bonds is 5. The molecule has 0 amide bonds. The molecule has 0 saturated carbocycles. The highest BCUT2D eigenvalue weighted by Gasteiger charge is 2.29. The van der Waals surface area contributed by atoms with E-state index < -0.39 is 11.8 Å². The minimum absolute atomic E-state index is 0.0796. The van der Waals surface area contributed by atoms with Gasteiger partial charge >= 0.3 is 5.69 Å². The van der Waals surface area contributed by atoms with Gasteiger partial charge in [-0.25, -0.2) is 23.5 Å². The largest absolute Gasteiger partial charge is 0.483 e. The first-order chi connectivity index (χ1) is 18.4. The normalized spacial score (nSPS) is 14.6. The third-order valence-corrected chi connectivity index (χ3v) is 8.03. The van der Waals surface area contributed by atoms with E-state index in [0.29, 0.717) is 63.0 Å². The smallest absolute Gasteiger partial charge is 0.328 e. The molecule has 0 bridgehead atoms. The highest BCUT2D eigenvalue weighted by atomic mass is 32.1. The summed E-state index contributed by atoms with van der Waals surface area (Å²) in [5, 5.41) is 0.803. The number of aromatic nitrogens is 5. The molecule has 11 heteroatoms. The maximum Gasteiger partial charge on any atom is 0.328 e. The zero-order valence-corrected chi connectivity index (χ0v) is 23.4. The van der Waals surface area contributed by atoms with Crippen molar-refractivity contribution in [2.24, 2.45) is 14.1 Å². The molecule has 0 aliphatic carbocycles. The molecule has 39 heavy (non-hydrogen) atoms. The maximum absolute atomic E-state index is 14.5. The number of hydrogen-bond acceptors (Lipinski definition) is 6. The van der Waals surface area contributed by atoms with Crippen LogP contribution in [-0.2, 0) is 24.2 Å². The van der Waals surface area contributed by atoms with E-state index in [4.69, 9.17) is 14.5 Å². The van der Waals surface area contributed by atoms with Crippen molar-refractivity contribution in [1.82, 2.24) is 23.7 Å². The van der Waals surface area contributed by atoms with Crippen molar-refractivity contribution in [2.75, 3.05) is 13.2 Å². The van der Waals surface area contributed by atoms with Crippen molar-refractivity contribution in [3.05, 3.63) is 57.3 Å². The predicted octanol–water partition coefficient (Wildman–Crippen LogP) is 5.66. The van der Waals surface area contributed by atoms with Gasteiger partial charge in [-0.3, -0.25) is 13.7 Å². The summed E-state index contributed by atoms with van der Waals surface area (Å²) in [7, 11) is 3.42. The number of halogens is 2. The molecule has 204 valence electrons. The molecule has 8 nitrogen and oxygen atoms in total. The Kier molecular flexibility index (Phi) is 5.92. The highest BCUT2D eigenvalue weighted by Crippen LogP contribution is 2.40. The van der Waals surface area contributed by atoms with Crippen molar-refractivity contribution in [3.63, 3.8) is 0 Å². The summed E-state index contributed by atoms with van der Waals surface area (Å²) < 4.78 is 45.5. The molecule has 0 unspecified atom stereocenters. The van der Waals surface area contributed by atoms with E-state index in [-0.39, 0.29) is 17.4 Å². The molecule has 6 rings (SSSR count). The van der Waals surface area contributed by atoms with Gasteiger partial charge in [0.25, 0.3) is 6.43 Å². The van der Waals surface area contributed by atoms with Crippen LogP contribution >= 0.6 is 11.3 Å². The third-order valence-electron chi connectivity index (χ3n) is 7.09. The Labute approximate surface area is 227 Å². The zero-order valence-electron chi connectivity index (χ0n) is 22.6. The minimum Gasteiger partial charge on any atom is -0.483 e. The molecular formula is C28H29F2N5O3S. The summed E-state index contributed by atoms with van der Waals surface area (Å²) >= 11 is 1.38. The molecule has 4 heterocycles. The van der Waals surface area contributed by atoms with Gasteiger partial charge < -0.3 is 9.47 Å². The van der Waals surface area contributed by atoms with E-state index in [2.05, 4.69) is 4.98 Å². The minimum atomic E-state index is -2.69. The quantitative estimate of drug-likeness (QED) is 0.281. The van der Waals surface area contributed by atoms with Gasteiger partial charge in [-0.15, -0.1) is 11.3 Å². The molecule has 1 fully saturated rings. The van der Waals surface area contributed by atoms with Crippen LogP contribution in [0, 0.1) is 6.92 Å². The molecule has 0 radical (unpaired) electrons. The molecule has 1 saturated heterocycles. The number of nitrogens with zero attached hydrogens (tertiary/aromatic N) is 5. The van der Waals surface area contributed by atoms with E-state index in [1.165, 1.54) is 17.4 Å². The lowest BCUT2D eigenvalue weighted by atomic mass is 9.95. The van der Waals surface area contributed by atoms with E-state index in [1.807, 2.05) is 44.4 Å². The monoisotopic (exact) mass is 553 g/mol. The fourth-order valence-corrected chi connectivity index (χ4v) is 5.88. The first kappa shape index (κ1) is 25.7. The Morgan fingerprint density at radius 2 is 1.85 bits per heavy atom. The van der Waals surface area contributed by atoms with Gasteiger partial charge in [0.2, 0.25) is 0 Å². The van der Waals surface area contributed by atoms with Crippen molar-refractivity contribution in [1.29, 1.82) is 0 Å². The van der Waals surface area contributed by atoms with E-state index in [0.717, 1.165) is 5.01 Å². The van der Waals surface area contributed by atoms with Crippen LogP contribution in [0.5, 0.6) is 5.75 Å². The summed E-state index contributed by atoms with van der Waals surface area (Å²) in [5.74, 6) is 1.23. The maximum atomic E-state index is 14.5. The molecule has 2 aromatic carbocycles. The predicted molar refractivity (Wildman–Crippen MR) is 148 cm³/mol. The molecule has 1 aliphatic heterocycles. The van der Waals surface area contributed by atoms with E-state index in [9.17, 15) is 13.6 Å². The molecule has 0 N–H and O–H groups in total. The fraction of sp³-hybridized carbons (Fsp3) is 0.393. The number of imidazole rings is 2. The number of alkyl halides is 2. The average Bonchev–Trinajstić information content (AvgIpc) is 3.51. The fourth-order valence-electron chi connectivity index (χ4n) is 5.06. The van der Waals surface area contributed by atoms with Crippen molar-refractivity contribution < 1.29 is 18.3 Å². The first-order valence-electron chi connectivity index (χ1n) is 12.7. The summed E-state index contributed by atoms with van der Waals surface area (Å²) in [4.78, 5) is 22.8. The van der Waals surface area contributed by atoms with Crippen molar-refractivity contribution in [2.45, 2.75) is 45.6 Å². The van der Waals surface area contributed by atoms with Crippen LogP contribution in [0.4, 0.5) is 8.78 Å². The van der Waals surface area contributed by atoms with Crippen LogP contribution in [0.25, 0.3) is 38.2 Å². The Balaban J connectivity index is 1.67. The Hall–Kier alpha value is -3.57. The van der Waals surface area contributed by atoms with Gasteiger partial charge in [0.05, 0.1) is 45.3 Å². The molecule has 0 spiro atoms. The van der Waals surface area contributed by atoms with Gasteiger partial charge in [-0.1, -0.05) is 20.8 Å². The molecular weight excluding hydrogens is 524 g/mol.